The highest BCUT2D eigenvalue weighted by molar-refractivity contribution is 6.32. The van der Waals surface area contributed by atoms with Crippen LogP contribution < -0.4 is 10.1 Å². The number of alkyl halides is 3. The predicted octanol–water partition coefficient (Wildman–Crippen LogP) is 5.49. The first-order chi connectivity index (χ1) is 11.2. The van der Waals surface area contributed by atoms with Crippen molar-refractivity contribution in [1.29, 1.82) is 0 Å². The van der Waals surface area contributed by atoms with Crippen LogP contribution >= 0.6 is 11.6 Å². The largest absolute Gasteiger partial charge is 0.456 e. The number of nitrogens with one attached hydrogen (secondary N) is 1. The zero-order valence-electron chi connectivity index (χ0n) is 12.4. The van der Waals surface area contributed by atoms with E-state index in [0.717, 1.165) is 18.2 Å². The van der Waals surface area contributed by atoms with Crippen molar-refractivity contribution in [1.82, 2.24) is 0 Å². The first-order valence-corrected chi connectivity index (χ1v) is 7.17. The summed E-state index contributed by atoms with van der Waals surface area (Å²) in [5, 5.41) is 13.6. The predicted molar refractivity (Wildman–Crippen MR) is 83.8 cm³/mol. The molecule has 0 bridgehead atoms. The van der Waals surface area contributed by atoms with Crippen molar-refractivity contribution >= 4 is 23.0 Å². The van der Waals surface area contributed by atoms with E-state index in [9.17, 15) is 23.3 Å². The van der Waals surface area contributed by atoms with Crippen molar-refractivity contribution in [2.24, 2.45) is 0 Å². The summed E-state index contributed by atoms with van der Waals surface area (Å²) in [6, 6.07) is 6.67. The van der Waals surface area contributed by atoms with Gasteiger partial charge in [-0.3, -0.25) is 10.1 Å². The fourth-order valence-electron chi connectivity index (χ4n) is 1.96. The molecule has 2 aromatic rings. The minimum atomic E-state index is -4.51. The van der Waals surface area contributed by atoms with Crippen LogP contribution in [0.2, 0.25) is 5.02 Å². The molecule has 0 radical (unpaired) electrons. The molecule has 0 saturated carbocycles. The standard InChI is InChI=1S/C15H12ClF3N2O3/c1-2-20-12-8-10(4-5-13(12)21(22)23)24-14-6-3-9(7-11(14)16)15(17,18)19/h3-8,20H,2H2,1H3. The maximum atomic E-state index is 12.6. The Morgan fingerprint density at radius 2 is 1.96 bits per heavy atom. The van der Waals surface area contributed by atoms with Crippen LogP contribution in [-0.4, -0.2) is 11.5 Å². The Morgan fingerprint density at radius 1 is 1.25 bits per heavy atom. The number of ether oxygens (including phenoxy) is 1. The topological polar surface area (TPSA) is 64.4 Å². The summed E-state index contributed by atoms with van der Waals surface area (Å²) >= 11 is 5.82. The van der Waals surface area contributed by atoms with Crippen LogP contribution in [0.25, 0.3) is 0 Å². The second-order valence-corrected chi connectivity index (χ2v) is 5.12. The summed E-state index contributed by atoms with van der Waals surface area (Å²) < 4.78 is 43.3. The van der Waals surface area contributed by atoms with E-state index in [1.165, 1.54) is 18.2 Å². The van der Waals surface area contributed by atoms with Crippen molar-refractivity contribution in [3.05, 3.63) is 57.1 Å². The third kappa shape index (κ3) is 4.08. The van der Waals surface area contributed by atoms with Gasteiger partial charge in [-0.05, 0) is 31.2 Å². The lowest BCUT2D eigenvalue weighted by atomic mass is 10.2. The summed E-state index contributed by atoms with van der Waals surface area (Å²) in [6.45, 7) is 2.22. The summed E-state index contributed by atoms with van der Waals surface area (Å²) in [7, 11) is 0. The molecule has 0 aliphatic carbocycles. The summed E-state index contributed by atoms with van der Waals surface area (Å²) in [4.78, 5) is 10.4. The van der Waals surface area contributed by atoms with Crippen LogP contribution in [0.5, 0.6) is 11.5 Å². The summed E-state index contributed by atoms with van der Waals surface area (Å²) in [5.74, 6) is 0.221. The van der Waals surface area contributed by atoms with E-state index in [0.29, 0.717) is 6.54 Å². The zero-order chi connectivity index (χ0) is 17.9. The van der Waals surface area contributed by atoms with Gasteiger partial charge in [-0.1, -0.05) is 11.6 Å². The van der Waals surface area contributed by atoms with Crippen molar-refractivity contribution in [3.8, 4) is 11.5 Å². The molecule has 0 atom stereocenters. The molecule has 2 aromatic carbocycles. The van der Waals surface area contributed by atoms with Gasteiger partial charge in [-0.15, -0.1) is 0 Å². The third-order valence-electron chi connectivity index (χ3n) is 3.02. The molecule has 24 heavy (non-hydrogen) atoms. The molecule has 0 amide bonds. The molecular weight excluding hydrogens is 349 g/mol. The second kappa shape index (κ2) is 6.96. The minimum Gasteiger partial charge on any atom is -0.456 e. The van der Waals surface area contributed by atoms with E-state index < -0.39 is 16.7 Å². The van der Waals surface area contributed by atoms with Crippen LogP contribution in [0, 0.1) is 10.1 Å². The normalized spacial score (nSPS) is 11.2. The Kier molecular flexibility index (Phi) is 5.18. The first kappa shape index (κ1) is 17.9. The fraction of sp³-hybridized carbons (Fsp3) is 0.200. The van der Waals surface area contributed by atoms with Crippen LogP contribution in [-0.2, 0) is 6.18 Å². The van der Waals surface area contributed by atoms with Gasteiger partial charge in [0.05, 0.1) is 15.5 Å². The highest BCUT2D eigenvalue weighted by Crippen LogP contribution is 2.37. The minimum absolute atomic E-state index is 0.0148. The monoisotopic (exact) mass is 360 g/mol. The lowest BCUT2D eigenvalue weighted by Gasteiger charge is -2.12. The van der Waals surface area contributed by atoms with Gasteiger partial charge in [0.25, 0.3) is 5.69 Å². The van der Waals surface area contributed by atoms with Crippen LogP contribution in [0.15, 0.2) is 36.4 Å². The third-order valence-corrected chi connectivity index (χ3v) is 3.31. The summed E-state index contributed by atoms with van der Waals surface area (Å²) in [5.41, 5.74) is -0.789. The molecule has 0 saturated heterocycles. The molecule has 2 rings (SSSR count). The number of rotatable bonds is 5. The molecule has 0 aromatic heterocycles. The van der Waals surface area contributed by atoms with Crippen LogP contribution in [0.1, 0.15) is 12.5 Å². The Morgan fingerprint density at radius 3 is 2.50 bits per heavy atom. The number of benzene rings is 2. The van der Waals surface area contributed by atoms with Gasteiger partial charge in [0, 0.05) is 18.7 Å². The highest BCUT2D eigenvalue weighted by atomic mass is 35.5. The number of hydrogen-bond acceptors (Lipinski definition) is 4. The van der Waals surface area contributed by atoms with Crippen molar-refractivity contribution in [2.45, 2.75) is 13.1 Å². The molecule has 0 aliphatic rings. The molecule has 9 heteroatoms. The quantitative estimate of drug-likeness (QED) is 0.565. The van der Waals surface area contributed by atoms with Crippen LogP contribution in [0.3, 0.4) is 0 Å². The Balaban J connectivity index is 2.31. The molecular formula is C15H12ClF3N2O3. The molecule has 0 heterocycles. The molecule has 5 nitrogen and oxygen atoms in total. The van der Waals surface area contributed by atoms with Gasteiger partial charge in [-0.25, -0.2) is 0 Å². The number of anilines is 1. The molecule has 0 fully saturated rings. The number of hydrogen-bond donors (Lipinski definition) is 1. The molecule has 0 spiro atoms. The van der Waals surface area contributed by atoms with E-state index in [4.69, 9.17) is 16.3 Å². The number of nitro benzene ring substituents is 1. The van der Waals surface area contributed by atoms with E-state index in [-0.39, 0.29) is 27.9 Å². The van der Waals surface area contributed by atoms with Crippen molar-refractivity contribution in [2.75, 3.05) is 11.9 Å². The zero-order valence-corrected chi connectivity index (χ0v) is 13.1. The Labute approximate surface area is 140 Å². The molecule has 128 valence electrons. The SMILES string of the molecule is CCNc1cc(Oc2ccc(C(F)(F)F)cc2Cl)ccc1[N+](=O)[O-]. The van der Waals surface area contributed by atoms with E-state index in [2.05, 4.69) is 5.32 Å². The number of nitrogens with zero attached hydrogens (tertiary/aromatic N) is 1. The van der Waals surface area contributed by atoms with E-state index in [1.807, 2.05) is 0 Å². The van der Waals surface area contributed by atoms with Crippen molar-refractivity contribution < 1.29 is 22.8 Å². The maximum absolute atomic E-state index is 12.6. The van der Waals surface area contributed by atoms with Gasteiger partial charge < -0.3 is 10.1 Å². The number of nitro groups is 1. The summed E-state index contributed by atoms with van der Waals surface area (Å²) in [6.07, 6.45) is -4.51. The van der Waals surface area contributed by atoms with E-state index in [1.54, 1.807) is 6.92 Å². The van der Waals surface area contributed by atoms with Gasteiger partial charge in [0.15, 0.2) is 0 Å². The van der Waals surface area contributed by atoms with Gasteiger partial charge in [-0.2, -0.15) is 13.2 Å². The smallest absolute Gasteiger partial charge is 0.416 e. The lowest BCUT2D eigenvalue weighted by Crippen LogP contribution is -2.04. The van der Waals surface area contributed by atoms with Gasteiger partial charge >= 0.3 is 6.18 Å². The maximum Gasteiger partial charge on any atom is 0.416 e. The Hall–Kier alpha value is -2.48. The van der Waals surface area contributed by atoms with Gasteiger partial charge in [0.2, 0.25) is 0 Å². The van der Waals surface area contributed by atoms with Crippen LogP contribution in [0.4, 0.5) is 24.5 Å². The number of halogens is 4. The van der Waals surface area contributed by atoms with Crippen molar-refractivity contribution in [3.63, 3.8) is 0 Å². The molecule has 1 N–H and O–H groups in total. The average Bonchev–Trinajstić information content (AvgIpc) is 2.48. The highest BCUT2D eigenvalue weighted by Gasteiger charge is 2.31. The van der Waals surface area contributed by atoms with Gasteiger partial charge in [0.1, 0.15) is 17.2 Å². The molecule has 0 aliphatic heterocycles. The fourth-order valence-corrected chi connectivity index (χ4v) is 2.18. The molecule has 0 unspecified atom stereocenters. The lowest BCUT2D eigenvalue weighted by molar-refractivity contribution is -0.384. The first-order valence-electron chi connectivity index (χ1n) is 6.79. The second-order valence-electron chi connectivity index (χ2n) is 4.71. The van der Waals surface area contributed by atoms with E-state index >= 15 is 0 Å². The Bertz CT molecular complexity index is 766. The average molecular weight is 361 g/mol.